The number of hydrogen-bond donors (Lipinski definition) is 1. The van der Waals surface area contributed by atoms with Gasteiger partial charge in [0.15, 0.2) is 0 Å². The van der Waals surface area contributed by atoms with E-state index in [-0.39, 0.29) is 0 Å². The summed E-state index contributed by atoms with van der Waals surface area (Å²) in [6, 6.07) is 18.1. The van der Waals surface area contributed by atoms with E-state index in [9.17, 15) is 0 Å². The molecule has 0 saturated heterocycles. The lowest BCUT2D eigenvalue weighted by Crippen LogP contribution is -2.35. The Hall–Kier alpha value is -1.45. The fraction of sp³-hybridized carbons (Fsp3) is 0.368. The van der Waals surface area contributed by atoms with Gasteiger partial charge < -0.3 is 10.2 Å². The summed E-state index contributed by atoms with van der Waals surface area (Å²) in [6.07, 6.45) is 2.32. The maximum absolute atomic E-state index is 3.47. The number of rotatable bonds is 6. The van der Waals surface area contributed by atoms with Crippen LogP contribution in [-0.4, -0.2) is 19.1 Å². The molecule has 0 spiro atoms. The SMILES string of the molecule is CCNCCC(CC)N1c2ccccc2Sc2ccccc21. The molecule has 3 heteroatoms. The zero-order chi connectivity index (χ0) is 15.4. The molecule has 2 aromatic rings. The number of nitrogens with one attached hydrogen (secondary N) is 1. The van der Waals surface area contributed by atoms with Crippen LogP contribution in [0.25, 0.3) is 0 Å². The molecule has 1 aliphatic rings. The van der Waals surface area contributed by atoms with Crippen LogP contribution in [0.15, 0.2) is 58.3 Å². The van der Waals surface area contributed by atoms with Crippen molar-refractivity contribution >= 4 is 23.1 Å². The summed E-state index contributed by atoms with van der Waals surface area (Å²) in [6.45, 7) is 6.58. The molecule has 0 fully saturated rings. The predicted octanol–water partition coefficient (Wildman–Crippen LogP) is 5.07. The summed E-state index contributed by atoms with van der Waals surface area (Å²) in [5.41, 5.74) is 2.71. The summed E-state index contributed by atoms with van der Waals surface area (Å²) >= 11 is 1.89. The first kappa shape index (κ1) is 15.4. The molecule has 2 nitrogen and oxygen atoms in total. The van der Waals surface area contributed by atoms with Crippen molar-refractivity contribution in [3.05, 3.63) is 48.5 Å². The maximum Gasteiger partial charge on any atom is 0.0555 e. The summed E-state index contributed by atoms with van der Waals surface area (Å²) < 4.78 is 0. The van der Waals surface area contributed by atoms with Gasteiger partial charge in [-0.05, 0) is 50.2 Å². The van der Waals surface area contributed by atoms with Crippen molar-refractivity contribution in [2.45, 2.75) is 42.5 Å². The van der Waals surface area contributed by atoms with E-state index in [1.807, 2.05) is 11.8 Å². The lowest BCUT2D eigenvalue weighted by Gasteiger charge is -2.38. The molecule has 1 aliphatic heterocycles. The van der Waals surface area contributed by atoms with Crippen molar-refractivity contribution in [3.63, 3.8) is 0 Å². The Kier molecular flexibility index (Phi) is 5.06. The minimum Gasteiger partial charge on any atom is -0.336 e. The van der Waals surface area contributed by atoms with Crippen LogP contribution in [0.3, 0.4) is 0 Å². The standard InChI is InChI=1S/C19H24N2S/c1-3-15(13-14-20-4-2)21-16-9-5-7-11-18(16)22-19-12-8-6-10-17(19)21/h5-12,15,20H,3-4,13-14H2,1-2H3. The van der Waals surface area contributed by atoms with Crippen molar-refractivity contribution in [1.82, 2.24) is 5.32 Å². The van der Waals surface area contributed by atoms with Crippen LogP contribution in [0.2, 0.25) is 0 Å². The Bertz CT molecular complexity index is 581. The van der Waals surface area contributed by atoms with Crippen LogP contribution in [0.5, 0.6) is 0 Å². The zero-order valence-electron chi connectivity index (χ0n) is 13.4. The van der Waals surface area contributed by atoms with Crippen molar-refractivity contribution in [1.29, 1.82) is 0 Å². The number of benzene rings is 2. The highest BCUT2D eigenvalue weighted by Crippen LogP contribution is 2.49. The summed E-state index contributed by atoms with van der Waals surface area (Å²) in [4.78, 5) is 5.28. The molecule has 0 aromatic heterocycles. The van der Waals surface area contributed by atoms with Gasteiger partial charge in [-0.3, -0.25) is 0 Å². The maximum atomic E-state index is 3.47. The fourth-order valence-corrected chi connectivity index (χ4v) is 4.16. The molecule has 3 rings (SSSR count). The fourth-order valence-electron chi connectivity index (χ4n) is 3.09. The van der Waals surface area contributed by atoms with Crippen molar-refractivity contribution in [2.75, 3.05) is 18.0 Å². The van der Waals surface area contributed by atoms with Crippen LogP contribution >= 0.6 is 11.8 Å². The van der Waals surface area contributed by atoms with E-state index in [1.165, 1.54) is 21.2 Å². The molecule has 0 bridgehead atoms. The van der Waals surface area contributed by atoms with E-state index in [0.717, 1.165) is 25.9 Å². The molecule has 0 aliphatic carbocycles. The molecule has 0 amide bonds. The van der Waals surface area contributed by atoms with Crippen LogP contribution in [0.4, 0.5) is 11.4 Å². The zero-order valence-corrected chi connectivity index (χ0v) is 14.2. The number of hydrogen-bond acceptors (Lipinski definition) is 3. The number of anilines is 2. The highest BCUT2D eigenvalue weighted by atomic mass is 32.2. The van der Waals surface area contributed by atoms with Crippen LogP contribution in [0.1, 0.15) is 26.7 Å². The van der Waals surface area contributed by atoms with Crippen molar-refractivity contribution in [3.8, 4) is 0 Å². The normalized spacial score (nSPS) is 14.4. The molecule has 22 heavy (non-hydrogen) atoms. The Labute approximate surface area is 137 Å². The average Bonchev–Trinajstić information content (AvgIpc) is 2.57. The Morgan fingerprint density at radius 2 is 1.55 bits per heavy atom. The third-order valence-corrected chi connectivity index (χ3v) is 5.34. The van der Waals surface area contributed by atoms with Gasteiger partial charge in [0.1, 0.15) is 0 Å². The lowest BCUT2D eigenvalue weighted by molar-refractivity contribution is 0.544. The molecule has 0 radical (unpaired) electrons. The van der Waals surface area contributed by atoms with Gasteiger partial charge in [-0.25, -0.2) is 0 Å². The number of nitrogens with zero attached hydrogens (tertiary/aromatic N) is 1. The summed E-state index contributed by atoms with van der Waals surface area (Å²) in [5, 5.41) is 3.47. The first-order chi connectivity index (χ1) is 10.8. The third kappa shape index (κ3) is 3.01. The van der Waals surface area contributed by atoms with E-state index in [1.54, 1.807) is 0 Å². The van der Waals surface area contributed by atoms with Gasteiger partial charge in [-0.2, -0.15) is 0 Å². The first-order valence-corrected chi connectivity index (χ1v) is 9.02. The molecule has 1 heterocycles. The monoisotopic (exact) mass is 312 g/mol. The Morgan fingerprint density at radius 1 is 0.955 bits per heavy atom. The van der Waals surface area contributed by atoms with E-state index < -0.39 is 0 Å². The number of para-hydroxylation sites is 2. The van der Waals surface area contributed by atoms with Crippen molar-refractivity contribution < 1.29 is 0 Å². The molecule has 116 valence electrons. The Balaban J connectivity index is 1.97. The molecule has 1 unspecified atom stereocenters. The molecule has 2 aromatic carbocycles. The van der Waals surface area contributed by atoms with Crippen LogP contribution in [0, 0.1) is 0 Å². The van der Waals surface area contributed by atoms with Gasteiger partial charge in [0, 0.05) is 15.8 Å². The molecular formula is C19H24N2S. The van der Waals surface area contributed by atoms with Gasteiger partial charge in [0.25, 0.3) is 0 Å². The Morgan fingerprint density at radius 3 is 2.09 bits per heavy atom. The molecular weight excluding hydrogens is 288 g/mol. The van der Waals surface area contributed by atoms with E-state index in [2.05, 4.69) is 72.6 Å². The highest BCUT2D eigenvalue weighted by molar-refractivity contribution is 7.99. The van der Waals surface area contributed by atoms with Gasteiger partial charge in [0.2, 0.25) is 0 Å². The summed E-state index contributed by atoms with van der Waals surface area (Å²) in [5.74, 6) is 0. The van der Waals surface area contributed by atoms with Crippen molar-refractivity contribution in [2.24, 2.45) is 0 Å². The lowest BCUT2D eigenvalue weighted by atomic mass is 10.1. The van der Waals surface area contributed by atoms with E-state index in [4.69, 9.17) is 0 Å². The first-order valence-electron chi connectivity index (χ1n) is 8.21. The second kappa shape index (κ2) is 7.21. The summed E-state index contributed by atoms with van der Waals surface area (Å²) in [7, 11) is 0. The largest absolute Gasteiger partial charge is 0.336 e. The second-order valence-corrected chi connectivity index (χ2v) is 6.70. The topological polar surface area (TPSA) is 15.3 Å². The average molecular weight is 312 g/mol. The molecule has 1 N–H and O–H groups in total. The van der Waals surface area contributed by atoms with E-state index >= 15 is 0 Å². The molecule has 0 saturated carbocycles. The minimum absolute atomic E-state index is 0.530. The predicted molar refractivity (Wildman–Crippen MR) is 96.4 cm³/mol. The third-order valence-electron chi connectivity index (χ3n) is 4.21. The van der Waals surface area contributed by atoms with Gasteiger partial charge in [-0.1, -0.05) is 49.9 Å². The quantitative estimate of drug-likeness (QED) is 0.750. The minimum atomic E-state index is 0.530. The van der Waals surface area contributed by atoms with Gasteiger partial charge in [-0.15, -0.1) is 0 Å². The van der Waals surface area contributed by atoms with Crippen LogP contribution < -0.4 is 10.2 Å². The smallest absolute Gasteiger partial charge is 0.0555 e. The van der Waals surface area contributed by atoms with Gasteiger partial charge >= 0.3 is 0 Å². The highest BCUT2D eigenvalue weighted by Gasteiger charge is 2.27. The molecule has 1 atom stereocenters. The second-order valence-electron chi connectivity index (χ2n) is 5.61. The number of fused-ring (bicyclic) bond motifs is 2. The van der Waals surface area contributed by atoms with Crippen LogP contribution in [-0.2, 0) is 0 Å². The van der Waals surface area contributed by atoms with Gasteiger partial charge in [0.05, 0.1) is 11.4 Å². The van der Waals surface area contributed by atoms with E-state index in [0.29, 0.717) is 6.04 Å².